The molecule has 1 aliphatic heterocycles. The van der Waals surface area contributed by atoms with Gasteiger partial charge in [0.2, 0.25) is 5.91 Å². The molecule has 0 aromatic heterocycles. The molecule has 1 atom stereocenters. The lowest BCUT2D eigenvalue weighted by Crippen LogP contribution is -2.39. The Kier molecular flexibility index (Phi) is 9.71. The van der Waals surface area contributed by atoms with Gasteiger partial charge >= 0.3 is 12.0 Å². The maximum Gasteiger partial charge on any atom is 0.323 e. The number of anilines is 3. The molecule has 10 heteroatoms. The van der Waals surface area contributed by atoms with Gasteiger partial charge in [0, 0.05) is 30.5 Å². The van der Waals surface area contributed by atoms with Crippen LogP contribution >= 0.6 is 0 Å². The number of para-hydroxylation sites is 1. The zero-order valence-electron chi connectivity index (χ0n) is 22.6. The largest absolute Gasteiger partial charge is 0.495 e. The van der Waals surface area contributed by atoms with Crippen LogP contribution in [0.25, 0.3) is 0 Å². The number of urea groups is 1. The van der Waals surface area contributed by atoms with Gasteiger partial charge in [0.15, 0.2) is 0 Å². The second-order valence-corrected chi connectivity index (χ2v) is 9.54. The summed E-state index contributed by atoms with van der Waals surface area (Å²) in [6, 6.07) is 19.2. The molecule has 1 heterocycles. The molecule has 1 aliphatic rings. The Hall–Kier alpha value is -4.41. The van der Waals surface area contributed by atoms with E-state index in [1.807, 2.05) is 43.3 Å². The second-order valence-electron chi connectivity index (χ2n) is 9.54. The third-order valence-electron chi connectivity index (χ3n) is 6.71. The number of carbonyl (C=O) groups excluding carboxylic acids is 2. The number of hydrogen-bond donors (Lipinski definition) is 4. The standard InChI is InChI=1S/C30H34N4O6/c1-20-5-3-4-6-24(20)32-30(38)33-25-12-7-21(17-27(25)39-2)18-28(35)31-23-10-8-22(9-11-23)26(19-29(36)37)34-13-15-40-16-14-34/h3-12,17,26H,13-16,18-19H2,1-2H3,(H,31,35)(H,36,37)(H2,32,33,38). The van der Waals surface area contributed by atoms with Gasteiger partial charge in [-0.25, -0.2) is 4.79 Å². The number of benzene rings is 3. The average molecular weight is 547 g/mol. The van der Waals surface area contributed by atoms with Crippen LogP contribution in [0.1, 0.15) is 29.2 Å². The molecular weight excluding hydrogens is 512 g/mol. The molecule has 0 spiro atoms. The highest BCUT2D eigenvalue weighted by molar-refractivity contribution is 6.01. The molecule has 1 saturated heterocycles. The van der Waals surface area contributed by atoms with E-state index in [2.05, 4.69) is 20.9 Å². The van der Waals surface area contributed by atoms with Gasteiger partial charge < -0.3 is 30.5 Å². The minimum absolute atomic E-state index is 0.00799. The van der Waals surface area contributed by atoms with Crippen LogP contribution in [0.3, 0.4) is 0 Å². The molecule has 3 aromatic rings. The van der Waals surface area contributed by atoms with Crippen molar-refractivity contribution in [3.8, 4) is 5.75 Å². The summed E-state index contributed by atoms with van der Waals surface area (Å²) in [6.45, 7) is 4.41. The minimum Gasteiger partial charge on any atom is -0.495 e. The van der Waals surface area contributed by atoms with Gasteiger partial charge in [0.25, 0.3) is 0 Å². The maximum absolute atomic E-state index is 12.8. The van der Waals surface area contributed by atoms with Crippen LogP contribution < -0.4 is 20.7 Å². The second kappa shape index (κ2) is 13.6. The average Bonchev–Trinajstić information content (AvgIpc) is 2.94. The summed E-state index contributed by atoms with van der Waals surface area (Å²) in [5.41, 5.74) is 4.33. The van der Waals surface area contributed by atoms with E-state index in [-0.39, 0.29) is 24.8 Å². The highest BCUT2D eigenvalue weighted by Crippen LogP contribution is 2.28. The van der Waals surface area contributed by atoms with Crippen LogP contribution in [-0.4, -0.2) is 61.3 Å². The summed E-state index contributed by atoms with van der Waals surface area (Å²) in [4.78, 5) is 38.8. The van der Waals surface area contributed by atoms with E-state index in [1.165, 1.54) is 7.11 Å². The normalized spacial score (nSPS) is 14.2. The molecular formula is C30H34N4O6. The zero-order chi connectivity index (χ0) is 28.5. The van der Waals surface area contributed by atoms with Crippen molar-refractivity contribution in [2.45, 2.75) is 25.8 Å². The van der Waals surface area contributed by atoms with E-state index < -0.39 is 12.0 Å². The first-order valence-corrected chi connectivity index (χ1v) is 13.1. The fraction of sp³-hybridized carbons (Fsp3) is 0.300. The third kappa shape index (κ3) is 7.81. The Balaban J connectivity index is 1.36. The summed E-state index contributed by atoms with van der Waals surface area (Å²) in [5, 5.41) is 17.9. The molecule has 0 aliphatic carbocycles. The predicted molar refractivity (Wildman–Crippen MR) is 153 cm³/mol. The number of carbonyl (C=O) groups is 3. The molecule has 4 rings (SSSR count). The van der Waals surface area contributed by atoms with Gasteiger partial charge in [-0.15, -0.1) is 0 Å². The number of morpholine rings is 1. The highest BCUT2D eigenvalue weighted by atomic mass is 16.5. The first kappa shape index (κ1) is 28.6. The number of rotatable bonds is 10. The lowest BCUT2D eigenvalue weighted by Gasteiger charge is -2.34. The number of nitrogens with zero attached hydrogens (tertiary/aromatic N) is 1. The lowest BCUT2D eigenvalue weighted by atomic mass is 10.0. The number of methoxy groups -OCH3 is 1. The summed E-state index contributed by atoms with van der Waals surface area (Å²) in [6.07, 6.45) is 0.0924. The number of ether oxygens (including phenoxy) is 2. The third-order valence-corrected chi connectivity index (χ3v) is 6.71. The molecule has 1 unspecified atom stereocenters. The lowest BCUT2D eigenvalue weighted by molar-refractivity contribution is -0.139. The molecule has 0 bridgehead atoms. The van der Waals surface area contributed by atoms with E-state index in [0.717, 1.165) is 11.1 Å². The molecule has 1 fully saturated rings. The first-order valence-electron chi connectivity index (χ1n) is 13.1. The maximum atomic E-state index is 12.8. The van der Waals surface area contributed by atoms with Crippen LogP contribution in [0.15, 0.2) is 66.7 Å². The fourth-order valence-corrected chi connectivity index (χ4v) is 4.63. The molecule has 4 N–H and O–H groups in total. The number of aliphatic carboxylic acids is 1. The van der Waals surface area contributed by atoms with Gasteiger partial charge in [-0.3, -0.25) is 14.5 Å². The Labute approximate surface area is 233 Å². The SMILES string of the molecule is COc1cc(CC(=O)Nc2ccc(C(CC(=O)O)N3CCOCC3)cc2)ccc1NC(=O)Nc1ccccc1C. The van der Waals surface area contributed by atoms with E-state index >= 15 is 0 Å². The summed E-state index contributed by atoms with van der Waals surface area (Å²) < 4.78 is 10.8. The smallest absolute Gasteiger partial charge is 0.323 e. The summed E-state index contributed by atoms with van der Waals surface area (Å²) in [5.74, 6) is -0.650. The molecule has 40 heavy (non-hydrogen) atoms. The number of aryl methyl sites for hydroxylation is 1. The van der Waals surface area contributed by atoms with E-state index in [1.54, 1.807) is 30.3 Å². The van der Waals surface area contributed by atoms with Gasteiger partial charge in [0.05, 0.1) is 38.9 Å². The quantitative estimate of drug-likeness (QED) is 0.291. The Morgan fingerprint density at radius 1 is 0.950 bits per heavy atom. The van der Waals surface area contributed by atoms with E-state index in [9.17, 15) is 19.5 Å². The van der Waals surface area contributed by atoms with Crippen molar-refractivity contribution in [3.05, 3.63) is 83.4 Å². The number of nitrogens with one attached hydrogen (secondary N) is 3. The summed E-state index contributed by atoms with van der Waals surface area (Å²) >= 11 is 0. The Morgan fingerprint density at radius 2 is 1.65 bits per heavy atom. The van der Waals surface area contributed by atoms with Crippen molar-refractivity contribution in [1.29, 1.82) is 0 Å². The van der Waals surface area contributed by atoms with Crippen molar-refractivity contribution in [1.82, 2.24) is 4.90 Å². The highest BCUT2D eigenvalue weighted by Gasteiger charge is 2.25. The molecule has 10 nitrogen and oxygen atoms in total. The van der Waals surface area contributed by atoms with Crippen LogP contribution in [0.2, 0.25) is 0 Å². The Bertz CT molecular complexity index is 1340. The molecule has 3 aromatic carbocycles. The van der Waals surface area contributed by atoms with Gasteiger partial charge in [0.1, 0.15) is 5.75 Å². The molecule has 0 saturated carbocycles. The number of amides is 3. The van der Waals surface area contributed by atoms with Crippen LogP contribution in [-0.2, 0) is 20.7 Å². The van der Waals surface area contributed by atoms with E-state index in [4.69, 9.17) is 9.47 Å². The molecule has 210 valence electrons. The van der Waals surface area contributed by atoms with Gasteiger partial charge in [-0.05, 0) is 53.9 Å². The topological polar surface area (TPSA) is 129 Å². The molecule has 3 amide bonds. The monoisotopic (exact) mass is 546 g/mol. The van der Waals surface area contributed by atoms with Crippen molar-refractivity contribution >= 4 is 35.0 Å². The zero-order valence-corrected chi connectivity index (χ0v) is 22.6. The fourth-order valence-electron chi connectivity index (χ4n) is 4.63. The summed E-state index contributed by atoms with van der Waals surface area (Å²) in [7, 11) is 1.50. The first-order chi connectivity index (χ1) is 19.3. The van der Waals surface area contributed by atoms with Crippen LogP contribution in [0.4, 0.5) is 21.9 Å². The van der Waals surface area contributed by atoms with E-state index in [0.29, 0.717) is 54.7 Å². The van der Waals surface area contributed by atoms with Gasteiger partial charge in [-0.2, -0.15) is 0 Å². The Morgan fingerprint density at radius 3 is 2.33 bits per heavy atom. The number of hydrogen-bond acceptors (Lipinski definition) is 6. The van der Waals surface area contributed by atoms with Crippen LogP contribution in [0.5, 0.6) is 5.75 Å². The van der Waals surface area contributed by atoms with Crippen molar-refractivity contribution in [3.63, 3.8) is 0 Å². The number of carboxylic acids is 1. The van der Waals surface area contributed by atoms with Crippen molar-refractivity contribution < 1.29 is 29.0 Å². The predicted octanol–water partition coefficient (Wildman–Crippen LogP) is 4.68. The van der Waals surface area contributed by atoms with Crippen molar-refractivity contribution in [2.75, 3.05) is 49.4 Å². The molecule has 0 radical (unpaired) electrons. The minimum atomic E-state index is -0.863. The van der Waals surface area contributed by atoms with Crippen molar-refractivity contribution in [2.24, 2.45) is 0 Å². The van der Waals surface area contributed by atoms with Gasteiger partial charge in [-0.1, -0.05) is 36.4 Å². The number of carboxylic acid groups (broad SMARTS) is 1. The van der Waals surface area contributed by atoms with Crippen LogP contribution in [0, 0.1) is 6.92 Å².